The number of hydrogen-bond donors (Lipinski definition) is 1. The number of nitrogens with zero attached hydrogens (tertiary/aromatic N) is 1. The molecule has 0 unspecified atom stereocenters. The van der Waals surface area contributed by atoms with Crippen LogP contribution in [0.5, 0.6) is 5.75 Å². The standard InChI is InChI=1S/C9H12ClNO2/c1-9(2,12)6-4-5-11-8(10)7(6)13-3/h4-5,12H,1-3H3. The van der Waals surface area contributed by atoms with Crippen molar-refractivity contribution in [2.75, 3.05) is 7.11 Å². The van der Waals surface area contributed by atoms with Crippen LogP contribution in [0.25, 0.3) is 0 Å². The molecule has 4 heteroatoms. The molecule has 0 spiro atoms. The van der Waals surface area contributed by atoms with Crippen molar-refractivity contribution in [1.82, 2.24) is 4.98 Å². The SMILES string of the molecule is COc1c(C(C)(C)O)ccnc1Cl. The highest BCUT2D eigenvalue weighted by Crippen LogP contribution is 2.33. The fourth-order valence-electron chi connectivity index (χ4n) is 1.10. The van der Waals surface area contributed by atoms with E-state index >= 15 is 0 Å². The van der Waals surface area contributed by atoms with Crippen molar-refractivity contribution < 1.29 is 9.84 Å². The lowest BCUT2D eigenvalue weighted by Crippen LogP contribution is -2.17. The van der Waals surface area contributed by atoms with Crippen LogP contribution in [0.3, 0.4) is 0 Å². The molecule has 0 amide bonds. The van der Waals surface area contributed by atoms with Gasteiger partial charge in [0.25, 0.3) is 0 Å². The maximum atomic E-state index is 9.76. The molecule has 1 rings (SSSR count). The molecule has 0 atom stereocenters. The topological polar surface area (TPSA) is 42.4 Å². The summed E-state index contributed by atoms with van der Waals surface area (Å²) in [6.07, 6.45) is 1.54. The smallest absolute Gasteiger partial charge is 0.171 e. The molecule has 1 aromatic heterocycles. The first kappa shape index (κ1) is 10.3. The summed E-state index contributed by atoms with van der Waals surface area (Å²) in [4.78, 5) is 3.85. The van der Waals surface area contributed by atoms with Crippen LogP contribution in [-0.4, -0.2) is 17.2 Å². The predicted octanol–water partition coefficient (Wildman–Crippen LogP) is 1.97. The number of ether oxygens (including phenoxy) is 1. The van der Waals surface area contributed by atoms with Gasteiger partial charge in [-0.15, -0.1) is 0 Å². The van der Waals surface area contributed by atoms with E-state index in [-0.39, 0.29) is 5.15 Å². The summed E-state index contributed by atoms with van der Waals surface area (Å²) >= 11 is 5.79. The van der Waals surface area contributed by atoms with Gasteiger partial charge in [0.2, 0.25) is 0 Å². The van der Waals surface area contributed by atoms with Crippen molar-refractivity contribution in [3.05, 3.63) is 23.0 Å². The number of aliphatic hydroxyl groups is 1. The van der Waals surface area contributed by atoms with E-state index in [1.807, 2.05) is 0 Å². The Kier molecular flexibility index (Phi) is 2.78. The molecular weight excluding hydrogens is 190 g/mol. The summed E-state index contributed by atoms with van der Waals surface area (Å²) in [7, 11) is 1.50. The monoisotopic (exact) mass is 201 g/mol. The molecule has 0 aliphatic carbocycles. The largest absolute Gasteiger partial charge is 0.493 e. The lowest BCUT2D eigenvalue weighted by molar-refractivity contribution is 0.0755. The van der Waals surface area contributed by atoms with Gasteiger partial charge in [0, 0.05) is 11.8 Å². The van der Waals surface area contributed by atoms with Gasteiger partial charge in [-0.1, -0.05) is 11.6 Å². The third kappa shape index (κ3) is 2.11. The molecule has 72 valence electrons. The fraction of sp³-hybridized carbons (Fsp3) is 0.444. The highest BCUT2D eigenvalue weighted by Gasteiger charge is 2.22. The van der Waals surface area contributed by atoms with E-state index in [9.17, 15) is 5.11 Å². The molecule has 1 heterocycles. The Balaban J connectivity index is 3.29. The van der Waals surface area contributed by atoms with E-state index < -0.39 is 5.60 Å². The van der Waals surface area contributed by atoms with Gasteiger partial charge in [-0.3, -0.25) is 0 Å². The molecule has 1 N–H and O–H groups in total. The van der Waals surface area contributed by atoms with Gasteiger partial charge >= 0.3 is 0 Å². The molecule has 13 heavy (non-hydrogen) atoms. The summed E-state index contributed by atoms with van der Waals surface area (Å²) in [6, 6.07) is 1.69. The van der Waals surface area contributed by atoms with Crippen molar-refractivity contribution in [2.24, 2.45) is 0 Å². The number of hydrogen-bond acceptors (Lipinski definition) is 3. The minimum absolute atomic E-state index is 0.266. The van der Waals surface area contributed by atoms with Crippen LogP contribution in [-0.2, 0) is 5.60 Å². The van der Waals surface area contributed by atoms with Crippen LogP contribution in [0, 0.1) is 0 Å². The van der Waals surface area contributed by atoms with Crippen LogP contribution in [0.2, 0.25) is 5.15 Å². The summed E-state index contributed by atoms with van der Waals surface area (Å²) < 4.78 is 5.05. The Morgan fingerprint density at radius 2 is 2.15 bits per heavy atom. The second-order valence-electron chi connectivity index (χ2n) is 3.24. The van der Waals surface area contributed by atoms with Gasteiger partial charge in [-0.2, -0.15) is 0 Å². The van der Waals surface area contributed by atoms with Crippen molar-refractivity contribution in [3.63, 3.8) is 0 Å². The summed E-state index contributed by atoms with van der Waals surface area (Å²) in [5, 5.41) is 10.0. The zero-order valence-electron chi connectivity index (χ0n) is 7.84. The molecule has 0 saturated heterocycles. The molecule has 0 bridgehead atoms. The van der Waals surface area contributed by atoms with Gasteiger partial charge in [-0.05, 0) is 19.9 Å². The van der Waals surface area contributed by atoms with E-state index in [0.717, 1.165) is 0 Å². The van der Waals surface area contributed by atoms with Crippen LogP contribution in [0.4, 0.5) is 0 Å². The maximum absolute atomic E-state index is 9.76. The second-order valence-corrected chi connectivity index (χ2v) is 3.60. The van der Waals surface area contributed by atoms with E-state index in [4.69, 9.17) is 16.3 Å². The van der Waals surface area contributed by atoms with Gasteiger partial charge in [0.1, 0.15) is 0 Å². The zero-order valence-corrected chi connectivity index (χ0v) is 8.59. The van der Waals surface area contributed by atoms with Crippen LogP contribution in [0.1, 0.15) is 19.4 Å². The molecule has 0 saturated carbocycles. The fourth-order valence-corrected chi connectivity index (χ4v) is 1.33. The highest BCUT2D eigenvalue weighted by atomic mass is 35.5. The Morgan fingerprint density at radius 3 is 2.54 bits per heavy atom. The van der Waals surface area contributed by atoms with Crippen LogP contribution in [0.15, 0.2) is 12.3 Å². The molecule has 1 aromatic rings. The third-order valence-corrected chi connectivity index (χ3v) is 1.99. The predicted molar refractivity (Wildman–Crippen MR) is 51.0 cm³/mol. The summed E-state index contributed by atoms with van der Waals surface area (Å²) in [6.45, 7) is 3.34. The highest BCUT2D eigenvalue weighted by molar-refractivity contribution is 6.30. The van der Waals surface area contributed by atoms with Crippen molar-refractivity contribution >= 4 is 11.6 Å². The lowest BCUT2D eigenvalue weighted by Gasteiger charge is -2.20. The third-order valence-electron chi connectivity index (χ3n) is 1.72. The van der Waals surface area contributed by atoms with E-state index in [0.29, 0.717) is 11.3 Å². The summed E-state index contributed by atoms with van der Waals surface area (Å²) in [5.74, 6) is 0.427. The molecular formula is C9H12ClNO2. The number of halogens is 1. The van der Waals surface area contributed by atoms with E-state index in [1.165, 1.54) is 13.3 Å². The minimum atomic E-state index is -0.974. The number of rotatable bonds is 2. The molecule has 0 aromatic carbocycles. The van der Waals surface area contributed by atoms with E-state index in [1.54, 1.807) is 19.9 Å². The Labute approximate surface area is 82.3 Å². The average molecular weight is 202 g/mol. The normalized spacial score (nSPS) is 11.5. The number of methoxy groups -OCH3 is 1. The van der Waals surface area contributed by atoms with Gasteiger partial charge < -0.3 is 9.84 Å². The van der Waals surface area contributed by atoms with Crippen molar-refractivity contribution in [2.45, 2.75) is 19.4 Å². The van der Waals surface area contributed by atoms with Crippen LogP contribution < -0.4 is 4.74 Å². The first-order chi connectivity index (χ1) is 5.96. The summed E-state index contributed by atoms with van der Waals surface area (Å²) in [5.41, 5.74) is -0.340. The first-order valence-corrected chi connectivity index (χ1v) is 4.26. The van der Waals surface area contributed by atoms with Crippen molar-refractivity contribution in [1.29, 1.82) is 0 Å². The molecule has 0 aliphatic heterocycles. The van der Waals surface area contributed by atoms with Crippen LogP contribution >= 0.6 is 11.6 Å². The van der Waals surface area contributed by atoms with Gasteiger partial charge in [0.15, 0.2) is 10.9 Å². The number of pyridine rings is 1. The quantitative estimate of drug-likeness (QED) is 0.744. The van der Waals surface area contributed by atoms with Gasteiger partial charge in [-0.25, -0.2) is 4.98 Å². The first-order valence-electron chi connectivity index (χ1n) is 3.88. The minimum Gasteiger partial charge on any atom is -0.493 e. The average Bonchev–Trinajstić information content (AvgIpc) is 2.02. The number of aromatic nitrogens is 1. The zero-order chi connectivity index (χ0) is 10.1. The maximum Gasteiger partial charge on any atom is 0.171 e. The van der Waals surface area contributed by atoms with Gasteiger partial charge in [0.05, 0.1) is 12.7 Å². The molecule has 0 aliphatic rings. The molecule has 0 fully saturated rings. The second kappa shape index (κ2) is 3.52. The molecule has 0 radical (unpaired) electrons. The Hall–Kier alpha value is -0.800. The van der Waals surface area contributed by atoms with E-state index in [2.05, 4.69) is 4.98 Å². The van der Waals surface area contributed by atoms with Crippen molar-refractivity contribution in [3.8, 4) is 5.75 Å². The lowest BCUT2D eigenvalue weighted by atomic mass is 9.99. The molecule has 3 nitrogen and oxygen atoms in total. The Bertz CT molecular complexity index is 307. The Morgan fingerprint density at radius 1 is 1.54 bits per heavy atom.